The normalized spacial score (nSPS) is 27.8. The van der Waals surface area contributed by atoms with E-state index in [4.69, 9.17) is 10.5 Å². The molecule has 0 amide bonds. The Morgan fingerprint density at radius 1 is 1.44 bits per heavy atom. The summed E-state index contributed by atoms with van der Waals surface area (Å²) < 4.78 is 5.11. The lowest BCUT2D eigenvalue weighted by Gasteiger charge is -2.26. The van der Waals surface area contributed by atoms with Crippen LogP contribution in [0.25, 0.3) is 11.2 Å². The Morgan fingerprint density at radius 2 is 2.28 bits per heavy atom. The van der Waals surface area contributed by atoms with Gasteiger partial charge in [-0.25, -0.2) is 4.98 Å². The van der Waals surface area contributed by atoms with Crippen LogP contribution in [0.2, 0.25) is 0 Å². The van der Waals surface area contributed by atoms with Gasteiger partial charge in [0.05, 0.1) is 12.6 Å². The molecule has 2 heterocycles. The average Bonchev–Trinajstić information content (AvgIpc) is 2.94. The Hall–Kier alpha value is -1.62. The van der Waals surface area contributed by atoms with E-state index >= 15 is 0 Å². The molecule has 0 aliphatic heterocycles. The molecule has 2 aromatic heterocycles. The maximum Gasteiger partial charge on any atom is 0.215 e. The van der Waals surface area contributed by atoms with Crippen molar-refractivity contribution in [2.75, 3.05) is 7.11 Å². The molecule has 1 aliphatic carbocycles. The number of nitrogens with two attached hydrogens (primary N) is 1. The van der Waals surface area contributed by atoms with Crippen LogP contribution in [-0.4, -0.2) is 28.1 Å². The van der Waals surface area contributed by atoms with Crippen molar-refractivity contribution in [1.82, 2.24) is 15.0 Å². The quantitative estimate of drug-likeness (QED) is 0.846. The first-order chi connectivity index (χ1) is 8.63. The van der Waals surface area contributed by atoms with E-state index in [-0.39, 0.29) is 11.5 Å². The third kappa shape index (κ3) is 1.58. The Labute approximate surface area is 106 Å². The van der Waals surface area contributed by atoms with Crippen LogP contribution in [0.5, 0.6) is 5.88 Å². The SMILES string of the molecule is COc1ccc2[nH]c(C3(C)CCCC3N)nc2n1. The van der Waals surface area contributed by atoms with E-state index in [2.05, 4.69) is 21.9 Å². The summed E-state index contributed by atoms with van der Waals surface area (Å²) in [7, 11) is 1.61. The monoisotopic (exact) mass is 246 g/mol. The Bertz CT molecular complexity index is 579. The summed E-state index contributed by atoms with van der Waals surface area (Å²) in [4.78, 5) is 12.3. The number of nitrogens with one attached hydrogen (secondary N) is 1. The third-order valence-corrected chi connectivity index (χ3v) is 4.10. The maximum absolute atomic E-state index is 6.22. The van der Waals surface area contributed by atoms with E-state index in [1.54, 1.807) is 7.11 Å². The van der Waals surface area contributed by atoms with E-state index in [1.807, 2.05) is 12.1 Å². The van der Waals surface area contributed by atoms with Crippen LogP contribution in [-0.2, 0) is 5.41 Å². The third-order valence-electron chi connectivity index (χ3n) is 4.10. The number of imidazole rings is 1. The molecule has 0 aromatic carbocycles. The number of H-pyrrole nitrogens is 1. The van der Waals surface area contributed by atoms with Crippen molar-refractivity contribution >= 4 is 11.2 Å². The second kappa shape index (κ2) is 3.95. The molecule has 3 rings (SSSR count). The number of ether oxygens (including phenoxy) is 1. The zero-order valence-electron chi connectivity index (χ0n) is 10.7. The van der Waals surface area contributed by atoms with Gasteiger partial charge in [-0.2, -0.15) is 4.98 Å². The van der Waals surface area contributed by atoms with Gasteiger partial charge >= 0.3 is 0 Å². The molecule has 0 bridgehead atoms. The number of rotatable bonds is 2. The molecule has 0 saturated heterocycles. The molecule has 5 heteroatoms. The summed E-state index contributed by atoms with van der Waals surface area (Å²) in [6.45, 7) is 2.18. The minimum Gasteiger partial charge on any atom is -0.481 e. The Balaban J connectivity index is 2.08. The molecule has 0 spiro atoms. The second-order valence-electron chi connectivity index (χ2n) is 5.23. The van der Waals surface area contributed by atoms with Gasteiger partial charge in [0.25, 0.3) is 0 Å². The summed E-state index contributed by atoms with van der Waals surface area (Å²) >= 11 is 0. The number of hydrogen-bond donors (Lipinski definition) is 2. The van der Waals surface area contributed by atoms with Crippen LogP contribution in [0, 0.1) is 0 Å². The molecule has 2 unspecified atom stereocenters. The molecule has 2 atom stereocenters. The topological polar surface area (TPSA) is 76.8 Å². The van der Waals surface area contributed by atoms with Crippen LogP contribution in [0.4, 0.5) is 0 Å². The highest BCUT2D eigenvalue weighted by molar-refractivity contribution is 5.71. The molecule has 18 heavy (non-hydrogen) atoms. The second-order valence-corrected chi connectivity index (χ2v) is 5.23. The van der Waals surface area contributed by atoms with Gasteiger partial charge in [-0.1, -0.05) is 13.3 Å². The van der Waals surface area contributed by atoms with E-state index in [1.165, 1.54) is 0 Å². The molecule has 2 aromatic rings. The van der Waals surface area contributed by atoms with Gasteiger partial charge in [0.1, 0.15) is 5.82 Å². The van der Waals surface area contributed by atoms with Crippen molar-refractivity contribution in [3.05, 3.63) is 18.0 Å². The number of hydrogen-bond acceptors (Lipinski definition) is 4. The first-order valence-corrected chi connectivity index (χ1v) is 6.30. The zero-order chi connectivity index (χ0) is 12.8. The van der Waals surface area contributed by atoms with E-state index < -0.39 is 0 Å². The highest BCUT2D eigenvalue weighted by atomic mass is 16.5. The van der Waals surface area contributed by atoms with Crippen molar-refractivity contribution in [2.24, 2.45) is 5.73 Å². The molecule has 1 fully saturated rings. The van der Waals surface area contributed by atoms with E-state index in [9.17, 15) is 0 Å². The Morgan fingerprint density at radius 3 is 2.94 bits per heavy atom. The highest BCUT2D eigenvalue weighted by Gasteiger charge is 2.40. The van der Waals surface area contributed by atoms with Crippen molar-refractivity contribution in [1.29, 1.82) is 0 Å². The highest BCUT2D eigenvalue weighted by Crippen LogP contribution is 2.38. The molecule has 3 N–H and O–H groups in total. The average molecular weight is 246 g/mol. The van der Waals surface area contributed by atoms with Crippen molar-refractivity contribution in [3.8, 4) is 5.88 Å². The minimum absolute atomic E-state index is 0.0616. The zero-order valence-corrected chi connectivity index (χ0v) is 10.7. The summed E-state index contributed by atoms with van der Waals surface area (Å²) in [5, 5.41) is 0. The van der Waals surface area contributed by atoms with Gasteiger partial charge in [-0.05, 0) is 18.9 Å². The van der Waals surface area contributed by atoms with E-state index in [0.29, 0.717) is 11.5 Å². The van der Waals surface area contributed by atoms with Crippen LogP contribution in [0.3, 0.4) is 0 Å². The fourth-order valence-electron chi connectivity index (χ4n) is 2.75. The number of fused-ring (bicyclic) bond motifs is 1. The van der Waals surface area contributed by atoms with Gasteiger partial charge in [0.15, 0.2) is 5.65 Å². The summed E-state index contributed by atoms with van der Waals surface area (Å²) in [5.41, 5.74) is 7.79. The lowest BCUT2D eigenvalue weighted by atomic mass is 9.84. The number of methoxy groups -OCH3 is 1. The molecular formula is C13H18N4O. The van der Waals surface area contributed by atoms with Gasteiger partial charge in [-0.3, -0.25) is 0 Å². The lowest BCUT2D eigenvalue weighted by molar-refractivity contribution is 0.399. The number of nitrogens with zero attached hydrogens (tertiary/aromatic N) is 2. The van der Waals surface area contributed by atoms with Gasteiger partial charge in [0, 0.05) is 17.5 Å². The molecule has 5 nitrogen and oxygen atoms in total. The molecular weight excluding hydrogens is 228 g/mol. The van der Waals surface area contributed by atoms with Gasteiger partial charge in [-0.15, -0.1) is 0 Å². The number of aromatic nitrogens is 3. The van der Waals surface area contributed by atoms with Gasteiger partial charge in [0.2, 0.25) is 5.88 Å². The van der Waals surface area contributed by atoms with Gasteiger partial charge < -0.3 is 15.5 Å². The summed E-state index contributed by atoms with van der Waals surface area (Å²) in [6.07, 6.45) is 3.29. The predicted molar refractivity (Wildman–Crippen MR) is 69.6 cm³/mol. The van der Waals surface area contributed by atoms with Crippen LogP contribution in [0.15, 0.2) is 12.1 Å². The van der Waals surface area contributed by atoms with Crippen molar-refractivity contribution in [2.45, 2.75) is 37.6 Å². The van der Waals surface area contributed by atoms with Crippen LogP contribution < -0.4 is 10.5 Å². The molecule has 96 valence electrons. The van der Waals surface area contributed by atoms with Crippen LogP contribution >= 0.6 is 0 Å². The Kier molecular flexibility index (Phi) is 2.52. The molecule has 1 saturated carbocycles. The van der Waals surface area contributed by atoms with Crippen LogP contribution in [0.1, 0.15) is 32.0 Å². The first-order valence-electron chi connectivity index (χ1n) is 6.30. The van der Waals surface area contributed by atoms with Crippen molar-refractivity contribution < 1.29 is 4.74 Å². The van der Waals surface area contributed by atoms with Crippen molar-refractivity contribution in [3.63, 3.8) is 0 Å². The van der Waals surface area contributed by atoms with E-state index in [0.717, 1.165) is 30.6 Å². The standard InChI is InChI=1S/C13H18N4O/c1-13(7-3-4-9(13)14)12-15-8-5-6-10(18-2)16-11(8)17-12/h5-6,9H,3-4,7,14H2,1-2H3,(H,15,16,17). The summed E-state index contributed by atoms with van der Waals surface area (Å²) in [5.74, 6) is 1.53. The fourth-order valence-corrected chi connectivity index (χ4v) is 2.75. The molecule has 0 radical (unpaired) electrons. The lowest BCUT2D eigenvalue weighted by Crippen LogP contribution is -2.39. The maximum atomic E-state index is 6.22. The smallest absolute Gasteiger partial charge is 0.215 e. The largest absolute Gasteiger partial charge is 0.481 e. The number of pyridine rings is 1. The fraction of sp³-hybridized carbons (Fsp3) is 0.538. The first kappa shape index (κ1) is 11.5. The minimum atomic E-state index is -0.0616. The predicted octanol–water partition coefficient (Wildman–Crippen LogP) is 1.74. The number of aromatic amines is 1. The molecule has 1 aliphatic rings. The summed E-state index contributed by atoms with van der Waals surface area (Å²) in [6, 6.07) is 3.95.